The first-order valence-corrected chi connectivity index (χ1v) is 11.7. The summed E-state index contributed by atoms with van der Waals surface area (Å²) in [6.07, 6.45) is -0.615. The van der Waals surface area contributed by atoms with E-state index in [0.717, 1.165) is 13.1 Å². The minimum absolute atomic E-state index is 0.112. The van der Waals surface area contributed by atoms with Crippen molar-refractivity contribution in [3.63, 3.8) is 0 Å². The molecule has 3 aliphatic rings. The standard InChI is InChI=1S/C17H32B2N5O5P/c1-21-7-13(28-15(18)9-21)12-27-30(25,20-17-22(2)5-6-23(17)3)24-8-14(11-26-4)29-16(19)10-24/h13-16H,5-12H2,1-4H3/t13?,14?,15-,16-,30-/m1/s1. The van der Waals surface area contributed by atoms with E-state index in [-0.39, 0.29) is 25.4 Å². The molecule has 166 valence electrons. The van der Waals surface area contributed by atoms with Crippen molar-refractivity contribution in [3.05, 3.63) is 0 Å². The van der Waals surface area contributed by atoms with Crippen molar-refractivity contribution < 1.29 is 23.3 Å². The van der Waals surface area contributed by atoms with Crippen molar-refractivity contribution in [2.75, 3.05) is 80.7 Å². The number of rotatable bonds is 7. The maximum atomic E-state index is 14.1. The highest BCUT2D eigenvalue weighted by Crippen LogP contribution is 2.54. The van der Waals surface area contributed by atoms with E-state index in [1.807, 2.05) is 30.9 Å². The van der Waals surface area contributed by atoms with E-state index in [1.165, 1.54) is 0 Å². The Morgan fingerprint density at radius 2 is 1.60 bits per heavy atom. The van der Waals surface area contributed by atoms with Crippen molar-refractivity contribution in [1.29, 1.82) is 0 Å². The molecule has 3 rings (SSSR count). The van der Waals surface area contributed by atoms with Gasteiger partial charge in [0.15, 0.2) is 0 Å². The Labute approximate surface area is 182 Å². The molecule has 0 aromatic carbocycles. The van der Waals surface area contributed by atoms with E-state index in [2.05, 4.69) is 9.66 Å². The first-order chi connectivity index (χ1) is 14.2. The van der Waals surface area contributed by atoms with E-state index < -0.39 is 19.7 Å². The summed E-state index contributed by atoms with van der Waals surface area (Å²) in [5, 5.41) is 0. The molecule has 0 aromatic heterocycles. The monoisotopic (exact) mass is 439 g/mol. The van der Waals surface area contributed by atoms with E-state index in [0.29, 0.717) is 32.2 Å². The Bertz CT molecular complexity index is 640. The Balaban J connectivity index is 1.81. The Morgan fingerprint density at radius 1 is 1.00 bits per heavy atom. The lowest BCUT2D eigenvalue weighted by molar-refractivity contribution is -0.0704. The van der Waals surface area contributed by atoms with Crippen molar-refractivity contribution in [2.24, 2.45) is 4.76 Å². The lowest BCUT2D eigenvalue weighted by Gasteiger charge is -2.40. The van der Waals surface area contributed by atoms with Gasteiger partial charge in [-0.2, -0.15) is 4.76 Å². The lowest BCUT2D eigenvalue weighted by Crippen LogP contribution is -2.49. The highest BCUT2D eigenvalue weighted by Gasteiger charge is 2.41. The highest BCUT2D eigenvalue weighted by atomic mass is 31.2. The lowest BCUT2D eigenvalue weighted by atomic mass is 9.98. The number of likely N-dealkylation sites (N-methyl/N-ethyl adjacent to an activating group) is 3. The van der Waals surface area contributed by atoms with Crippen LogP contribution in [0.15, 0.2) is 4.76 Å². The topological polar surface area (TPSA) is 79.3 Å². The molecule has 3 saturated heterocycles. The molecule has 3 fully saturated rings. The van der Waals surface area contributed by atoms with E-state index in [9.17, 15) is 4.57 Å². The first kappa shape index (κ1) is 24.0. The van der Waals surface area contributed by atoms with Crippen LogP contribution in [0.5, 0.6) is 0 Å². The van der Waals surface area contributed by atoms with Gasteiger partial charge in [0.25, 0.3) is 0 Å². The zero-order valence-electron chi connectivity index (χ0n) is 18.3. The second-order valence-corrected chi connectivity index (χ2v) is 10.2. The summed E-state index contributed by atoms with van der Waals surface area (Å²) >= 11 is 0. The zero-order chi connectivity index (χ0) is 21.9. The molecule has 5 atom stereocenters. The molecule has 0 bridgehead atoms. The van der Waals surface area contributed by atoms with Crippen LogP contribution in [0, 0.1) is 0 Å². The predicted octanol–water partition coefficient (Wildman–Crippen LogP) is -0.989. The molecule has 30 heavy (non-hydrogen) atoms. The number of nitrogens with zero attached hydrogens (tertiary/aromatic N) is 5. The van der Waals surface area contributed by atoms with Crippen LogP contribution in [0.3, 0.4) is 0 Å². The van der Waals surface area contributed by atoms with Crippen molar-refractivity contribution in [1.82, 2.24) is 19.4 Å². The molecule has 3 aliphatic heterocycles. The van der Waals surface area contributed by atoms with Gasteiger partial charge in [0, 0.05) is 72.5 Å². The molecule has 2 unspecified atom stereocenters. The molecule has 4 radical (unpaired) electrons. The van der Waals surface area contributed by atoms with Crippen LogP contribution < -0.4 is 0 Å². The van der Waals surface area contributed by atoms with Gasteiger partial charge in [-0.05, 0) is 7.05 Å². The average Bonchev–Trinajstić information content (AvgIpc) is 2.97. The van der Waals surface area contributed by atoms with E-state index >= 15 is 0 Å². The van der Waals surface area contributed by atoms with Gasteiger partial charge in [0.05, 0.1) is 25.4 Å². The summed E-state index contributed by atoms with van der Waals surface area (Å²) < 4.78 is 43.1. The third-order valence-corrected chi connectivity index (χ3v) is 7.31. The number of morpholine rings is 2. The van der Waals surface area contributed by atoms with Gasteiger partial charge in [-0.25, -0.2) is 9.24 Å². The van der Waals surface area contributed by atoms with Gasteiger partial charge in [-0.15, -0.1) is 0 Å². The van der Waals surface area contributed by atoms with E-state index in [1.54, 1.807) is 11.8 Å². The third kappa shape index (κ3) is 6.00. The molecule has 0 spiro atoms. The quantitative estimate of drug-likeness (QED) is 0.367. The van der Waals surface area contributed by atoms with Crippen LogP contribution in [-0.2, 0) is 23.3 Å². The Morgan fingerprint density at radius 3 is 2.20 bits per heavy atom. The van der Waals surface area contributed by atoms with Crippen LogP contribution >= 0.6 is 7.67 Å². The second-order valence-electron chi connectivity index (χ2n) is 8.17. The maximum absolute atomic E-state index is 14.1. The maximum Gasteiger partial charge on any atom is 0.392 e. The van der Waals surface area contributed by atoms with Gasteiger partial charge in [0.1, 0.15) is 15.7 Å². The van der Waals surface area contributed by atoms with Gasteiger partial charge in [0.2, 0.25) is 5.96 Å². The fourth-order valence-electron chi connectivity index (χ4n) is 3.90. The third-order valence-electron chi connectivity index (χ3n) is 5.35. The van der Waals surface area contributed by atoms with Crippen LogP contribution in [0.25, 0.3) is 0 Å². The normalized spacial score (nSPS) is 33.7. The Kier molecular flexibility index (Phi) is 8.28. The summed E-state index contributed by atoms with van der Waals surface area (Å²) in [7, 11) is 15.8. The van der Waals surface area contributed by atoms with Crippen LogP contribution in [0.1, 0.15) is 0 Å². The van der Waals surface area contributed by atoms with Crippen molar-refractivity contribution in [2.45, 2.75) is 24.2 Å². The number of hydrogen-bond acceptors (Lipinski definition) is 6. The van der Waals surface area contributed by atoms with E-state index in [4.69, 9.17) is 34.4 Å². The summed E-state index contributed by atoms with van der Waals surface area (Å²) in [6.45, 7) is 3.92. The number of hydrogen-bond donors (Lipinski definition) is 0. The SMILES string of the molecule is [B][C@H]1CN(C)CC(CO[P@](=O)(N=C2N(C)CCN2C)N2CC(COC)O[C@@H]([B])C2)O1. The largest absolute Gasteiger partial charge is 0.392 e. The molecular formula is C17H32B2N5O5P. The fourth-order valence-corrected chi connectivity index (χ4v) is 5.90. The minimum atomic E-state index is -3.64. The fraction of sp³-hybridized carbons (Fsp3) is 0.941. The van der Waals surface area contributed by atoms with Crippen LogP contribution in [0.4, 0.5) is 0 Å². The van der Waals surface area contributed by atoms with Crippen molar-refractivity contribution >= 4 is 29.3 Å². The average molecular weight is 439 g/mol. The molecule has 10 nitrogen and oxygen atoms in total. The molecule has 13 heteroatoms. The van der Waals surface area contributed by atoms with Crippen molar-refractivity contribution in [3.8, 4) is 0 Å². The highest BCUT2D eigenvalue weighted by molar-refractivity contribution is 7.55. The summed E-state index contributed by atoms with van der Waals surface area (Å²) in [6, 6.07) is -1.02. The molecule has 0 saturated carbocycles. The minimum Gasteiger partial charge on any atom is -0.382 e. The van der Waals surface area contributed by atoms with Gasteiger partial charge >= 0.3 is 7.67 Å². The summed E-state index contributed by atoms with van der Waals surface area (Å²) in [4.78, 5) is 5.99. The zero-order valence-corrected chi connectivity index (χ0v) is 19.2. The molecule has 0 amide bonds. The predicted molar refractivity (Wildman–Crippen MR) is 116 cm³/mol. The van der Waals surface area contributed by atoms with Gasteiger partial charge in [-0.3, -0.25) is 4.52 Å². The van der Waals surface area contributed by atoms with Gasteiger partial charge in [-0.1, -0.05) is 0 Å². The number of guanidine groups is 1. The summed E-state index contributed by atoms with van der Waals surface area (Å²) in [5.41, 5.74) is 0. The smallest absolute Gasteiger partial charge is 0.382 e. The molecular weight excluding hydrogens is 407 g/mol. The second kappa shape index (κ2) is 10.3. The molecule has 0 aromatic rings. The van der Waals surface area contributed by atoms with Gasteiger partial charge < -0.3 is 28.9 Å². The molecule has 0 aliphatic carbocycles. The Hall–Kier alpha value is -0.610. The van der Waals surface area contributed by atoms with Crippen LogP contribution in [0.2, 0.25) is 0 Å². The molecule has 0 N–H and O–H groups in total. The first-order valence-electron chi connectivity index (χ1n) is 10.2. The number of ether oxygens (including phenoxy) is 3. The summed E-state index contributed by atoms with van der Waals surface area (Å²) in [5.74, 6) is 0.625. The molecule has 3 heterocycles. The number of methoxy groups -OCH3 is 1. The van der Waals surface area contributed by atoms with Crippen LogP contribution in [-0.4, -0.2) is 146 Å².